The van der Waals surface area contributed by atoms with Crippen LogP contribution in [0.15, 0.2) is 40.1 Å². The molecule has 0 aliphatic heterocycles. The van der Waals surface area contributed by atoms with Gasteiger partial charge in [-0.25, -0.2) is 0 Å². The fourth-order valence-electron chi connectivity index (χ4n) is 3.42. The summed E-state index contributed by atoms with van der Waals surface area (Å²) in [4.78, 5) is 14.2. The van der Waals surface area contributed by atoms with Crippen molar-refractivity contribution in [2.24, 2.45) is 0 Å². The van der Waals surface area contributed by atoms with Gasteiger partial charge in [-0.15, -0.1) is 21.5 Å². The Kier molecular flexibility index (Phi) is 6.27. The molecule has 1 fully saturated rings. The van der Waals surface area contributed by atoms with E-state index in [-0.39, 0.29) is 5.91 Å². The molecule has 1 N–H and O–H groups in total. The lowest BCUT2D eigenvalue weighted by atomic mass is 9.83. The summed E-state index contributed by atoms with van der Waals surface area (Å²) in [5, 5.41) is 15.0. The van der Waals surface area contributed by atoms with Crippen LogP contribution in [0.1, 0.15) is 36.1 Å². The molecule has 0 unspecified atom stereocenters. The van der Waals surface area contributed by atoms with Gasteiger partial charge in [0.15, 0.2) is 4.34 Å². The third kappa shape index (κ3) is 4.24. The molecule has 1 aromatic carbocycles. The van der Waals surface area contributed by atoms with E-state index in [1.54, 1.807) is 29.2 Å². The first kappa shape index (κ1) is 20.2. The van der Waals surface area contributed by atoms with Crippen molar-refractivity contribution in [2.75, 3.05) is 5.32 Å². The number of hydrogen-bond donors (Lipinski definition) is 1. The standard InChI is InChI=1S/C19H17Cl2N3OS3/c20-13-6-5-12(10-14(13)21)11-27-18-24-23-17(28-18)22-16(25)19(7-1-2-8-19)15-4-3-9-26-15/h3-6,9-10H,1-2,7-8,11H2,(H,22,23,25). The molecule has 1 aliphatic rings. The third-order valence-electron chi connectivity index (χ3n) is 4.86. The lowest BCUT2D eigenvalue weighted by Crippen LogP contribution is -2.37. The highest BCUT2D eigenvalue weighted by Crippen LogP contribution is 2.44. The Morgan fingerprint density at radius 2 is 2.00 bits per heavy atom. The number of thioether (sulfide) groups is 1. The van der Waals surface area contributed by atoms with E-state index in [4.69, 9.17) is 23.2 Å². The maximum atomic E-state index is 13.1. The molecule has 0 spiro atoms. The highest BCUT2D eigenvalue weighted by Gasteiger charge is 2.43. The fourth-order valence-corrected chi connectivity index (χ4v) is 6.42. The number of rotatable bonds is 6. The molecule has 0 bridgehead atoms. The second-order valence-electron chi connectivity index (χ2n) is 6.63. The number of anilines is 1. The van der Waals surface area contributed by atoms with Crippen LogP contribution in [0, 0.1) is 0 Å². The van der Waals surface area contributed by atoms with E-state index in [2.05, 4.69) is 21.6 Å². The number of halogens is 2. The average molecular weight is 470 g/mol. The molecule has 4 nitrogen and oxygen atoms in total. The second kappa shape index (κ2) is 8.71. The Morgan fingerprint density at radius 1 is 1.18 bits per heavy atom. The number of carbonyl (C=O) groups excluding carboxylic acids is 1. The lowest BCUT2D eigenvalue weighted by Gasteiger charge is -2.25. The first-order valence-electron chi connectivity index (χ1n) is 8.82. The molecule has 2 heterocycles. The van der Waals surface area contributed by atoms with Gasteiger partial charge in [0, 0.05) is 10.6 Å². The number of nitrogens with one attached hydrogen (secondary N) is 1. The molecule has 0 atom stereocenters. The smallest absolute Gasteiger partial charge is 0.237 e. The zero-order chi connectivity index (χ0) is 19.6. The maximum Gasteiger partial charge on any atom is 0.237 e. The van der Waals surface area contributed by atoms with Crippen molar-refractivity contribution in [2.45, 2.75) is 41.2 Å². The number of aromatic nitrogens is 2. The van der Waals surface area contributed by atoms with Crippen LogP contribution < -0.4 is 5.32 Å². The largest absolute Gasteiger partial charge is 0.300 e. The predicted octanol–water partition coefficient (Wildman–Crippen LogP) is 6.65. The van der Waals surface area contributed by atoms with E-state index >= 15 is 0 Å². The molecular formula is C19H17Cl2N3OS3. The van der Waals surface area contributed by atoms with Gasteiger partial charge in [-0.3, -0.25) is 10.1 Å². The number of hydrogen-bond acceptors (Lipinski definition) is 6. The highest BCUT2D eigenvalue weighted by molar-refractivity contribution is 8.00. The zero-order valence-corrected chi connectivity index (χ0v) is 18.7. The lowest BCUT2D eigenvalue weighted by molar-refractivity contribution is -0.121. The number of amides is 1. The Hall–Kier alpha value is -1.12. The molecule has 3 aromatic rings. The van der Waals surface area contributed by atoms with Gasteiger partial charge in [0.2, 0.25) is 11.0 Å². The average Bonchev–Trinajstić information content (AvgIpc) is 3.44. The monoisotopic (exact) mass is 469 g/mol. The van der Waals surface area contributed by atoms with Crippen LogP contribution in [0.2, 0.25) is 10.0 Å². The van der Waals surface area contributed by atoms with Crippen molar-refractivity contribution in [3.8, 4) is 0 Å². The molecule has 146 valence electrons. The zero-order valence-electron chi connectivity index (χ0n) is 14.8. The van der Waals surface area contributed by atoms with Crippen LogP contribution in [-0.4, -0.2) is 16.1 Å². The summed E-state index contributed by atoms with van der Waals surface area (Å²) in [6.07, 6.45) is 3.92. The number of carbonyl (C=O) groups is 1. The molecule has 2 aromatic heterocycles. The Bertz CT molecular complexity index is 969. The summed E-state index contributed by atoms with van der Waals surface area (Å²) in [5.74, 6) is 0.739. The minimum absolute atomic E-state index is 0.0321. The van der Waals surface area contributed by atoms with Crippen LogP contribution in [0.3, 0.4) is 0 Å². The van der Waals surface area contributed by atoms with Gasteiger partial charge in [0.1, 0.15) is 0 Å². The first-order chi connectivity index (χ1) is 13.6. The van der Waals surface area contributed by atoms with E-state index in [0.29, 0.717) is 20.9 Å². The van der Waals surface area contributed by atoms with Crippen molar-refractivity contribution in [3.63, 3.8) is 0 Å². The molecule has 1 amide bonds. The SMILES string of the molecule is O=C(Nc1nnc(SCc2ccc(Cl)c(Cl)c2)s1)C1(c2cccs2)CCCC1. The van der Waals surface area contributed by atoms with Crippen molar-refractivity contribution >= 4 is 68.7 Å². The molecule has 0 saturated heterocycles. The van der Waals surface area contributed by atoms with E-state index < -0.39 is 5.41 Å². The van der Waals surface area contributed by atoms with Crippen LogP contribution in [0.25, 0.3) is 0 Å². The minimum Gasteiger partial charge on any atom is -0.300 e. The summed E-state index contributed by atoms with van der Waals surface area (Å²) in [6, 6.07) is 9.66. The predicted molar refractivity (Wildman–Crippen MR) is 119 cm³/mol. The number of benzene rings is 1. The molecule has 9 heteroatoms. The van der Waals surface area contributed by atoms with E-state index in [1.165, 1.54) is 11.3 Å². The summed E-state index contributed by atoms with van der Waals surface area (Å²) in [6.45, 7) is 0. The van der Waals surface area contributed by atoms with Crippen LogP contribution in [-0.2, 0) is 16.0 Å². The van der Waals surface area contributed by atoms with E-state index in [9.17, 15) is 4.79 Å². The number of nitrogens with zero attached hydrogens (tertiary/aromatic N) is 2. The molecule has 1 saturated carbocycles. The second-order valence-corrected chi connectivity index (χ2v) is 10.6. The van der Waals surface area contributed by atoms with Crippen molar-refractivity contribution in [1.82, 2.24) is 10.2 Å². The van der Waals surface area contributed by atoms with Crippen LogP contribution in [0.4, 0.5) is 5.13 Å². The van der Waals surface area contributed by atoms with Gasteiger partial charge in [0.05, 0.1) is 15.5 Å². The summed E-state index contributed by atoms with van der Waals surface area (Å²) in [7, 11) is 0. The molecule has 28 heavy (non-hydrogen) atoms. The van der Waals surface area contributed by atoms with Crippen molar-refractivity contribution in [3.05, 3.63) is 56.2 Å². The first-order valence-corrected chi connectivity index (χ1v) is 12.3. The highest BCUT2D eigenvalue weighted by atomic mass is 35.5. The van der Waals surface area contributed by atoms with Crippen molar-refractivity contribution in [1.29, 1.82) is 0 Å². The molecule has 1 aliphatic carbocycles. The topological polar surface area (TPSA) is 54.9 Å². The van der Waals surface area contributed by atoms with Gasteiger partial charge < -0.3 is 0 Å². The van der Waals surface area contributed by atoms with Crippen LogP contribution in [0.5, 0.6) is 0 Å². The normalized spacial score (nSPS) is 15.6. The summed E-state index contributed by atoms with van der Waals surface area (Å²) in [5.41, 5.74) is 0.635. The van der Waals surface area contributed by atoms with Crippen LogP contribution >= 0.6 is 57.6 Å². The van der Waals surface area contributed by atoms with Gasteiger partial charge >= 0.3 is 0 Å². The Balaban J connectivity index is 1.41. The minimum atomic E-state index is -0.423. The third-order valence-corrected chi connectivity index (χ3v) is 8.71. The summed E-state index contributed by atoms with van der Waals surface area (Å²) < 4.78 is 0.804. The van der Waals surface area contributed by atoms with E-state index in [1.807, 2.05) is 23.6 Å². The Morgan fingerprint density at radius 3 is 2.71 bits per heavy atom. The molecule has 4 rings (SSSR count). The van der Waals surface area contributed by atoms with Gasteiger partial charge in [0.25, 0.3) is 0 Å². The van der Waals surface area contributed by atoms with Gasteiger partial charge in [-0.05, 0) is 42.0 Å². The van der Waals surface area contributed by atoms with Gasteiger partial charge in [-0.1, -0.05) is 71.3 Å². The molecular weight excluding hydrogens is 453 g/mol. The quantitative estimate of drug-likeness (QED) is 0.324. The van der Waals surface area contributed by atoms with Gasteiger partial charge in [-0.2, -0.15) is 0 Å². The summed E-state index contributed by atoms with van der Waals surface area (Å²) >= 11 is 16.6. The fraction of sp³-hybridized carbons (Fsp3) is 0.316. The Labute approximate surface area is 185 Å². The number of thiophene rings is 1. The van der Waals surface area contributed by atoms with E-state index in [0.717, 1.165) is 40.5 Å². The maximum absolute atomic E-state index is 13.1. The van der Waals surface area contributed by atoms with Crippen molar-refractivity contribution < 1.29 is 4.79 Å². The molecule has 0 radical (unpaired) electrons.